The lowest BCUT2D eigenvalue weighted by atomic mass is 9.67. The lowest BCUT2D eigenvalue weighted by Crippen LogP contribution is -2.28. The van der Waals surface area contributed by atoms with Gasteiger partial charge >= 0.3 is 11.9 Å². The largest absolute Gasteiger partial charge is 0.490 e. The van der Waals surface area contributed by atoms with Gasteiger partial charge in [-0.1, -0.05) is 98.1 Å². The van der Waals surface area contributed by atoms with Gasteiger partial charge in [0.2, 0.25) is 0 Å². The molecule has 0 aliphatic heterocycles. The Morgan fingerprint density at radius 1 is 0.452 bits per heavy atom. The SMILES string of the molecule is C=CC(=O)OCCOc1ccc(-c2nc3ccc(C4(c5ccc6nc(-c7ccc(OCCOC(=O)C=C)cc7)sc6c5)c5ccc(-c6ccc7ccccc7c6)cc5-c5cc6ccccc6cc54)cc3s2)cc1. The van der Waals surface area contributed by atoms with Crippen LogP contribution in [0.1, 0.15) is 22.3 Å². The number of hydrogen-bond acceptors (Lipinski definition) is 10. The number of nitrogens with zero attached hydrogens (tertiary/aromatic N) is 2. The first-order valence-corrected chi connectivity index (χ1v) is 25.5. The number of rotatable bonds is 15. The highest BCUT2D eigenvalue weighted by Crippen LogP contribution is 2.58. The molecule has 11 aromatic rings. The molecule has 0 spiro atoms. The summed E-state index contributed by atoms with van der Waals surface area (Å²) in [6, 6.07) is 65.0. The van der Waals surface area contributed by atoms with E-state index in [-0.39, 0.29) is 26.4 Å². The average molecular weight is 989 g/mol. The Balaban J connectivity index is 0.981. The first kappa shape index (κ1) is 45.4. The van der Waals surface area contributed by atoms with E-state index in [1.165, 1.54) is 49.4 Å². The highest BCUT2D eigenvalue weighted by molar-refractivity contribution is 7.22. The molecule has 8 nitrogen and oxygen atoms in total. The van der Waals surface area contributed by atoms with Crippen molar-refractivity contribution in [3.8, 4) is 54.9 Å². The molecule has 0 saturated carbocycles. The number of hydrogen-bond donors (Lipinski definition) is 0. The lowest BCUT2D eigenvalue weighted by molar-refractivity contribution is -0.139. The van der Waals surface area contributed by atoms with Crippen molar-refractivity contribution < 1.29 is 28.5 Å². The number of fused-ring (bicyclic) bond motifs is 7. The summed E-state index contributed by atoms with van der Waals surface area (Å²) in [5.41, 5.74) is 12.5. The molecule has 1 aliphatic carbocycles. The highest BCUT2D eigenvalue weighted by Gasteiger charge is 2.47. The Hall–Kier alpha value is -8.70. The molecule has 1 aliphatic rings. The van der Waals surface area contributed by atoms with Gasteiger partial charge in [0.1, 0.15) is 47.9 Å². The van der Waals surface area contributed by atoms with E-state index in [0.29, 0.717) is 11.5 Å². The van der Waals surface area contributed by atoms with Crippen LogP contribution >= 0.6 is 22.7 Å². The van der Waals surface area contributed by atoms with E-state index < -0.39 is 17.4 Å². The van der Waals surface area contributed by atoms with E-state index in [1.807, 2.05) is 48.5 Å². The summed E-state index contributed by atoms with van der Waals surface area (Å²) < 4.78 is 24.0. The minimum atomic E-state index is -0.731. The maximum Gasteiger partial charge on any atom is 0.330 e. The zero-order chi connectivity index (χ0) is 49.5. The summed E-state index contributed by atoms with van der Waals surface area (Å²) in [5.74, 6) is 0.396. The Kier molecular flexibility index (Phi) is 11.9. The topological polar surface area (TPSA) is 96.8 Å². The van der Waals surface area contributed by atoms with Crippen LogP contribution in [0.4, 0.5) is 0 Å². The van der Waals surface area contributed by atoms with Gasteiger partial charge in [0.25, 0.3) is 0 Å². The average Bonchev–Trinajstić information content (AvgIpc) is 4.15. The van der Waals surface area contributed by atoms with Crippen molar-refractivity contribution >= 4 is 76.6 Å². The third kappa shape index (κ3) is 8.50. The molecule has 9 aromatic carbocycles. The van der Waals surface area contributed by atoms with Gasteiger partial charge in [-0.3, -0.25) is 0 Å². The number of carbonyl (C=O) groups excluding carboxylic acids is 2. The molecule has 0 bridgehead atoms. The van der Waals surface area contributed by atoms with Crippen molar-refractivity contribution in [2.24, 2.45) is 0 Å². The second-order valence-electron chi connectivity index (χ2n) is 17.7. The van der Waals surface area contributed by atoms with E-state index in [1.54, 1.807) is 22.7 Å². The highest BCUT2D eigenvalue weighted by atomic mass is 32.1. The molecule has 0 N–H and O–H groups in total. The Bertz CT molecular complexity index is 3820. The molecular formula is C63H44N2O6S2. The van der Waals surface area contributed by atoms with Crippen LogP contribution in [0.2, 0.25) is 0 Å². The fourth-order valence-electron chi connectivity index (χ4n) is 10.0. The van der Waals surface area contributed by atoms with Gasteiger partial charge in [0.15, 0.2) is 0 Å². The van der Waals surface area contributed by atoms with Gasteiger partial charge in [-0.15, -0.1) is 22.7 Å². The van der Waals surface area contributed by atoms with Crippen LogP contribution in [0.5, 0.6) is 11.5 Å². The molecule has 10 heteroatoms. The minimum Gasteiger partial charge on any atom is -0.490 e. The van der Waals surface area contributed by atoms with E-state index >= 15 is 0 Å². The van der Waals surface area contributed by atoms with Crippen LogP contribution in [0.3, 0.4) is 0 Å². The number of aromatic nitrogens is 2. The predicted octanol–water partition coefficient (Wildman–Crippen LogP) is 14.8. The fourth-order valence-corrected chi connectivity index (χ4v) is 12.0. The third-order valence-electron chi connectivity index (χ3n) is 13.5. The Labute approximate surface area is 429 Å². The summed E-state index contributed by atoms with van der Waals surface area (Å²) in [4.78, 5) is 33.2. The van der Waals surface area contributed by atoms with Gasteiger partial charge in [-0.2, -0.15) is 0 Å². The monoisotopic (exact) mass is 988 g/mol. The maximum absolute atomic E-state index is 11.5. The van der Waals surface area contributed by atoms with E-state index in [4.69, 9.17) is 28.9 Å². The van der Waals surface area contributed by atoms with Crippen molar-refractivity contribution in [1.82, 2.24) is 9.97 Å². The molecule has 0 amide bonds. The van der Waals surface area contributed by atoms with Crippen molar-refractivity contribution in [2.75, 3.05) is 26.4 Å². The second-order valence-corrected chi connectivity index (χ2v) is 19.8. The first-order chi connectivity index (χ1) is 35.8. The lowest BCUT2D eigenvalue weighted by Gasteiger charge is -2.34. The minimum absolute atomic E-state index is 0.135. The smallest absolute Gasteiger partial charge is 0.330 e. The number of thiazole rings is 2. The Morgan fingerprint density at radius 2 is 0.918 bits per heavy atom. The van der Waals surface area contributed by atoms with Crippen molar-refractivity contribution in [1.29, 1.82) is 0 Å². The van der Waals surface area contributed by atoms with Crippen molar-refractivity contribution in [3.63, 3.8) is 0 Å². The van der Waals surface area contributed by atoms with Gasteiger partial charge < -0.3 is 18.9 Å². The number of carbonyl (C=O) groups is 2. The molecule has 0 radical (unpaired) electrons. The van der Waals surface area contributed by atoms with E-state index in [2.05, 4.69) is 147 Å². The van der Waals surface area contributed by atoms with Crippen LogP contribution in [0.15, 0.2) is 207 Å². The van der Waals surface area contributed by atoms with Crippen LogP contribution < -0.4 is 9.47 Å². The standard InChI is InChI=1S/C63H44N2O6S2/c1-3-59(66)70-31-29-68-49-22-15-40(16-23-49)61-64-55-27-20-47(37-57(55)72-61)63(48-21-28-56-58(38-48)73-62(65-56)41-17-24-50(25-18-41)69-30-32-71-60(67)4-2)53-26-19-46(45-14-13-39-9-5-6-10-42(39)33-45)35-51(53)52-34-43-11-7-8-12-44(43)36-54(52)63/h3-28,33-38H,1-2,29-32H2. The van der Waals surface area contributed by atoms with Gasteiger partial charge in [-0.05, 0) is 163 Å². The predicted molar refractivity (Wildman–Crippen MR) is 295 cm³/mol. The Morgan fingerprint density at radius 3 is 1.47 bits per heavy atom. The number of esters is 2. The summed E-state index contributed by atoms with van der Waals surface area (Å²) in [7, 11) is 0. The van der Waals surface area contributed by atoms with Crippen LogP contribution in [-0.4, -0.2) is 48.3 Å². The van der Waals surface area contributed by atoms with Crippen LogP contribution in [0, 0.1) is 0 Å². The molecule has 354 valence electrons. The van der Waals surface area contributed by atoms with Crippen LogP contribution in [-0.2, 0) is 24.5 Å². The van der Waals surface area contributed by atoms with E-state index in [0.717, 1.165) is 70.4 Å². The molecule has 0 fully saturated rings. The molecular weight excluding hydrogens is 945 g/mol. The summed E-state index contributed by atoms with van der Waals surface area (Å²) >= 11 is 3.34. The summed E-state index contributed by atoms with van der Waals surface area (Å²) in [6.07, 6.45) is 2.28. The van der Waals surface area contributed by atoms with Crippen molar-refractivity contribution in [2.45, 2.75) is 5.41 Å². The van der Waals surface area contributed by atoms with Gasteiger partial charge in [0, 0.05) is 23.3 Å². The molecule has 12 rings (SSSR count). The summed E-state index contributed by atoms with van der Waals surface area (Å²) in [5, 5.41) is 6.58. The zero-order valence-corrected chi connectivity index (χ0v) is 41.0. The third-order valence-corrected chi connectivity index (χ3v) is 15.6. The van der Waals surface area contributed by atoms with Crippen LogP contribution in [0.25, 0.3) is 85.4 Å². The molecule has 2 aromatic heterocycles. The molecule has 0 saturated heterocycles. The summed E-state index contributed by atoms with van der Waals surface area (Å²) in [6.45, 7) is 7.62. The number of benzene rings is 9. The molecule has 0 unspecified atom stereocenters. The molecule has 0 atom stereocenters. The zero-order valence-electron chi connectivity index (χ0n) is 39.4. The quantitative estimate of drug-likeness (QED) is 0.0569. The maximum atomic E-state index is 11.5. The van der Waals surface area contributed by atoms with Crippen molar-refractivity contribution in [3.05, 3.63) is 230 Å². The molecule has 73 heavy (non-hydrogen) atoms. The second kappa shape index (κ2) is 19.1. The normalized spacial score (nSPS) is 12.4. The number of ether oxygens (including phenoxy) is 4. The van der Waals surface area contributed by atoms with Gasteiger partial charge in [-0.25, -0.2) is 19.6 Å². The molecule has 2 heterocycles. The van der Waals surface area contributed by atoms with E-state index in [9.17, 15) is 9.59 Å². The first-order valence-electron chi connectivity index (χ1n) is 23.9. The van der Waals surface area contributed by atoms with Gasteiger partial charge in [0.05, 0.1) is 25.8 Å². The fraction of sp³-hybridized carbons (Fsp3) is 0.0794.